The van der Waals surface area contributed by atoms with Crippen LogP contribution in [0.2, 0.25) is 0 Å². The maximum Gasteiger partial charge on any atom is 0.0175 e. The van der Waals surface area contributed by atoms with Crippen molar-refractivity contribution in [3.8, 4) is 0 Å². The van der Waals surface area contributed by atoms with Crippen LogP contribution in [0.15, 0.2) is 28.7 Å². The van der Waals surface area contributed by atoms with E-state index in [1.165, 1.54) is 38.3 Å². The summed E-state index contributed by atoms with van der Waals surface area (Å²) < 4.78 is 1.16. The van der Waals surface area contributed by atoms with E-state index in [2.05, 4.69) is 57.0 Å². The largest absolute Gasteiger partial charge is 0.304 e. The molecule has 0 unspecified atom stereocenters. The van der Waals surface area contributed by atoms with Gasteiger partial charge in [-0.2, -0.15) is 0 Å². The molecule has 1 aromatic carbocycles. The van der Waals surface area contributed by atoms with Gasteiger partial charge in [0, 0.05) is 37.2 Å². The summed E-state index contributed by atoms with van der Waals surface area (Å²) in [5.74, 6) is 0. The molecule has 0 aliphatic carbocycles. The number of benzene rings is 1. The first-order valence-electron chi connectivity index (χ1n) is 5.89. The molecule has 2 nitrogen and oxygen atoms in total. The molecule has 0 radical (unpaired) electrons. The van der Waals surface area contributed by atoms with Crippen LogP contribution in [0.4, 0.5) is 0 Å². The summed E-state index contributed by atoms with van der Waals surface area (Å²) in [6.07, 6.45) is 1.16. The molecule has 0 bridgehead atoms. The fourth-order valence-corrected chi connectivity index (χ4v) is 2.27. The maximum atomic E-state index is 3.46. The molecule has 1 saturated heterocycles. The smallest absolute Gasteiger partial charge is 0.0175 e. The molecule has 16 heavy (non-hydrogen) atoms. The van der Waals surface area contributed by atoms with Gasteiger partial charge in [0.2, 0.25) is 0 Å². The highest BCUT2D eigenvalue weighted by Crippen LogP contribution is 2.11. The van der Waals surface area contributed by atoms with E-state index < -0.39 is 0 Å². The van der Waals surface area contributed by atoms with Crippen LogP contribution < -0.4 is 0 Å². The van der Waals surface area contributed by atoms with Crippen LogP contribution >= 0.6 is 15.9 Å². The normalized spacial score (nSPS) is 18.9. The van der Waals surface area contributed by atoms with E-state index in [4.69, 9.17) is 0 Å². The van der Waals surface area contributed by atoms with Crippen LogP contribution in [0.25, 0.3) is 0 Å². The Bertz CT molecular complexity index is 315. The number of hydrogen-bond donors (Lipinski definition) is 0. The van der Waals surface area contributed by atoms with Crippen LogP contribution in [-0.4, -0.2) is 49.6 Å². The average molecular weight is 283 g/mol. The van der Waals surface area contributed by atoms with Gasteiger partial charge >= 0.3 is 0 Å². The highest BCUT2D eigenvalue weighted by atomic mass is 79.9. The van der Waals surface area contributed by atoms with Crippen LogP contribution in [0.1, 0.15) is 5.56 Å². The highest BCUT2D eigenvalue weighted by molar-refractivity contribution is 9.10. The van der Waals surface area contributed by atoms with Crippen LogP contribution in [-0.2, 0) is 6.42 Å². The quantitative estimate of drug-likeness (QED) is 0.839. The first-order chi connectivity index (χ1) is 7.74. The number of hydrogen-bond acceptors (Lipinski definition) is 2. The summed E-state index contributed by atoms with van der Waals surface area (Å²) in [6.45, 7) is 6.04. The van der Waals surface area contributed by atoms with Gasteiger partial charge in [-0.3, -0.25) is 0 Å². The van der Waals surface area contributed by atoms with Gasteiger partial charge in [-0.05, 0) is 31.2 Å². The standard InChI is InChI=1S/C13H19BrN2/c1-15-8-10-16(11-9-15)7-6-12-2-4-13(14)5-3-12/h2-5H,6-11H2,1H3. The predicted molar refractivity (Wildman–Crippen MR) is 71.8 cm³/mol. The number of rotatable bonds is 3. The summed E-state index contributed by atoms with van der Waals surface area (Å²) in [5.41, 5.74) is 1.43. The second-order valence-corrected chi connectivity index (χ2v) is 5.44. The minimum atomic E-state index is 1.16. The third-order valence-electron chi connectivity index (χ3n) is 3.23. The summed E-state index contributed by atoms with van der Waals surface area (Å²) in [7, 11) is 2.20. The Morgan fingerprint density at radius 1 is 1.06 bits per heavy atom. The lowest BCUT2D eigenvalue weighted by molar-refractivity contribution is 0.155. The topological polar surface area (TPSA) is 6.48 Å². The molecule has 1 aliphatic heterocycles. The average Bonchev–Trinajstić information content (AvgIpc) is 2.30. The molecule has 0 saturated carbocycles. The van der Waals surface area contributed by atoms with Crippen molar-refractivity contribution in [2.45, 2.75) is 6.42 Å². The number of piperazine rings is 1. The lowest BCUT2D eigenvalue weighted by atomic mass is 10.1. The molecular formula is C13H19BrN2. The maximum absolute atomic E-state index is 3.46. The van der Waals surface area contributed by atoms with Crippen LogP contribution in [0.5, 0.6) is 0 Å². The van der Waals surface area contributed by atoms with Gasteiger partial charge in [-0.15, -0.1) is 0 Å². The van der Waals surface area contributed by atoms with Gasteiger partial charge in [0.25, 0.3) is 0 Å². The first kappa shape index (κ1) is 12.1. The molecule has 88 valence electrons. The fourth-order valence-electron chi connectivity index (χ4n) is 2.01. The number of halogens is 1. The lowest BCUT2D eigenvalue weighted by Gasteiger charge is -2.32. The summed E-state index contributed by atoms with van der Waals surface area (Å²) in [6, 6.07) is 8.67. The molecule has 1 heterocycles. The van der Waals surface area contributed by atoms with E-state index in [0.717, 1.165) is 10.9 Å². The Kier molecular flexibility index (Phi) is 4.38. The van der Waals surface area contributed by atoms with Crippen molar-refractivity contribution in [3.05, 3.63) is 34.3 Å². The second kappa shape index (κ2) is 5.80. The molecule has 3 heteroatoms. The minimum absolute atomic E-state index is 1.16. The molecule has 0 N–H and O–H groups in total. The Labute approximate surface area is 106 Å². The summed E-state index contributed by atoms with van der Waals surface area (Å²) >= 11 is 3.46. The van der Waals surface area contributed by atoms with Gasteiger partial charge < -0.3 is 9.80 Å². The van der Waals surface area contributed by atoms with Crippen molar-refractivity contribution >= 4 is 15.9 Å². The van der Waals surface area contributed by atoms with Crippen molar-refractivity contribution in [1.82, 2.24) is 9.80 Å². The van der Waals surface area contributed by atoms with Gasteiger partial charge in [-0.1, -0.05) is 28.1 Å². The Morgan fingerprint density at radius 2 is 1.69 bits per heavy atom. The molecule has 0 spiro atoms. The van der Waals surface area contributed by atoms with Crippen molar-refractivity contribution in [3.63, 3.8) is 0 Å². The second-order valence-electron chi connectivity index (χ2n) is 4.52. The zero-order valence-electron chi connectivity index (χ0n) is 9.82. The molecule has 1 fully saturated rings. The SMILES string of the molecule is CN1CCN(CCc2ccc(Br)cc2)CC1. The molecule has 2 rings (SSSR count). The molecule has 0 amide bonds. The molecular weight excluding hydrogens is 264 g/mol. The van der Waals surface area contributed by atoms with E-state index >= 15 is 0 Å². The van der Waals surface area contributed by atoms with E-state index in [0.29, 0.717) is 0 Å². The zero-order chi connectivity index (χ0) is 11.4. The molecule has 0 aromatic heterocycles. The molecule has 0 atom stereocenters. The van der Waals surface area contributed by atoms with E-state index in [1.807, 2.05) is 0 Å². The third-order valence-corrected chi connectivity index (χ3v) is 3.75. The summed E-state index contributed by atoms with van der Waals surface area (Å²) in [5, 5.41) is 0. The highest BCUT2D eigenvalue weighted by Gasteiger charge is 2.12. The van der Waals surface area contributed by atoms with Crippen molar-refractivity contribution < 1.29 is 0 Å². The number of nitrogens with zero attached hydrogens (tertiary/aromatic N) is 2. The van der Waals surface area contributed by atoms with Gasteiger partial charge in [0.1, 0.15) is 0 Å². The van der Waals surface area contributed by atoms with Gasteiger partial charge in [0.05, 0.1) is 0 Å². The molecule has 1 aromatic rings. The third kappa shape index (κ3) is 3.58. The lowest BCUT2D eigenvalue weighted by Crippen LogP contribution is -2.45. The monoisotopic (exact) mass is 282 g/mol. The van der Waals surface area contributed by atoms with Crippen molar-refractivity contribution in [2.75, 3.05) is 39.8 Å². The van der Waals surface area contributed by atoms with Crippen LogP contribution in [0, 0.1) is 0 Å². The minimum Gasteiger partial charge on any atom is -0.304 e. The van der Waals surface area contributed by atoms with E-state index in [9.17, 15) is 0 Å². The van der Waals surface area contributed by atoms with Crippen molar-refractivity contribution in [2.24, 2.45) is 0 Å². The van der Waals surface area contributed by atoms with Crippen molar-refractivity contribution in [1.29, 1.82) is 0 Å². The molecule has 1 aliphatic rings. The number of likely N-dealkylation sites (N-methyl/N-ethyl adjacent to an activating group) is 1. The predicted octanol–water partition coefficient (Wildman–Crippen LogP) is 2.24. The summed E-state index contributed by atoms with van der Waals surface area (Å²) in [4.78, 5) is 4.96. The first-order valence-corrected chi connectivity index (χ1v) is 6.69. The van der Waals surface area contributed by atoms with Gasteiger partial charge in [0.15, 0.2) is 0 Å². The Morgan fingerprint density at radius 3 is 2.31 bits per heavy atom. The zero-order valence-corrected chi connectivity index (χ0v) is 11.4. The fraction of sp³-hybridized carbons (Fsp3) is 0.538. The Balaban J connectivity index is 1.77. The van der Waals surface area contributed by atoms with Crippen LogP contribution in [0.3, 0.4) is 0 Å². The van der Waals surface area contributed by atoms with E-state index in [1.54, 1.807) is 0 Å². The Hall–Kier alpha value is -0.380. The van der Waals surface area contributed by atoms with Gasteiger partial charge in [-0.25, -0.2) is 0 Å². The van der Waals surface area contributed by atoms with E-state index in [-0.39, 0.29) is 0 Å².